The molecule has 0 bridgehead atoms. The van der Waals surface area contributed by atoms with Crippen molar-refractivity contribution in [1.82, 2.24) is 9.21 Å². The molecule has 1 aliphatic heterocycles. The summed E-state index contributed by atoms with van der Waals surface area (Å²) in [6.45, 7) is 1.49. The molecule has 0 spiro atoms. The zero-order valence-electron chi connectivity index (χ0n) is 9.98. The van der Waals surface area contributed by atoms with E-state index in [9.17, 15) is 13.2 Å². The number of piperazine rings is 1. The van der Waals surface area contributed by atoms with Gasteiger partial charge in [0.15, 0.2) is 0 Å². The molecule has 1 heterocycles. The van der Waals surface area contributed by atoms with Crippen molar-refractivity contribution in [1.29, 1.82) is 0 Å². The van der Waals surface area contributed by atoms with Crippen LogP contribution >= 0.6 is 24.8 Å². The third-order valence-corrected chi connectivity index (χ3v) is 3.99. The van der Waals surface area contributed by atoms with Gasteiger partial charge in [-0.25, -0.2) is 8.42 Å². The fourth-order valence-electron chi connectivity index (χ4n) is 1.75. The SMILES string of the molecule is CS(=O)(=O)N1CCN([C@H](CN)C(=O)O)CC1.Cl.Cl. The number of hydrogen-bond acceptors (Lipinski definition) is 5. The predicted molar refractivity (Wildman–Crippen MR) is 73.0 cm³/mol. The molecule has 0 aliphatic carbocycles. The van der Waals surface area contributed by atoms with Crippen LogP contribution < -0.4 is 5.73 Å². The highest BCUT2D eigenvalue weighted by atomic mass is 35.5. The Hall–Kier alpha value is -0.120. The Morgan fingerprint density at radius 1 is 1.28 bits per heavy atom. The lowest BCUT2D eigenvalue weighted by atomic mass is 10.2. The smallest absolute Gasteiger partial charge is 0.322 e. The van der Waals surface area contributed by atoms with Gasteiger partial charge in [0.1, 0.15) is 6.04 Å². The Bertz CT molecular complexity index is 357. The number of carboxylic acids is 1. The molecule has 0 aromatic carbocycles. The molecule has 7 nitrogen and oxygen atoms in total. The molecule has 1 aliphatic rings. The highest BCUT2D eigenvalue weighted by Gasteiger charge is 2.30. The fraction of sp³-hybridized carbons (Fsp3) is 0.875. The van der Waals surface area contributed by atoms with Crippen molar-refractivity contribution in [3.8, 4) is 0 Å². The molecule has 1 atom stereocenters. The molecule has 0 saturated carbocycles. The molecule has 10 heteroatoms. The van der Waals surface area contributed by atoms with Gasteiger partial charge in [-0.15, -0.1) is 24.8 Å². The average molecular weight is 324 g/mol. The number of halogens is 2. The van der Waals surface area contributed by atoms with Crippen LogP contribution in [0.5, 0.6) is 0 Å². The van der Waals surface area contributed by atoms with Gasteiger partial charge in [0.05, 0.1) is 6.26 Å². The lowest BCUT2D eigenvalue weighted by Crippen LogP contribution is -2.55. The summed E-state index contributed by atoms with van der Waals surface area (Å²) in [4.78, 5) is 12.6. The van der Waals surface area contributed by atoms with E-state index in [1.54, 1.807) is 4.90 Å². The molecule has 0 aromatic rings. The molecular formula is C8H19Cl2N3O4S. The average Bonchev–Trinajstić information content (AvgIpc) is 2.17. The van der Waals surface area contributed by atoms with Gasteiger partial charge >= 0.3 is 5.97 Å². The zero-order valence-corrected chi connectivity index (χ0v) is 12.4. The molecule has 0 amide bonds. The molecule has 1 rings (SSSR count). The lowest BCUT2D eigenvalue weighted by molar-refractivity contribution is -0.143. The molecule has 110 valence electrons. The summed E-state index contributed by atoms with van der Waals surface area (Å²) in [6, 6.07) is -0.721. The normalized spacial score (nSPS) is 19.4. The Morgan fingerprint density at radius 2 is 1.72 bits per heavy atom. The minimum atomic E-state index is -3.17. The second-order valence-electron chi connectivity index (χ2n) is 3.79. The maximum atomic E-state index is 11.2. The highest BCUT2D eigenvalue weighted by Crippen LogP contribution is 2.08. The zero-order chi connectivity index (χ0) is 12.3. The molecule has 3 N–H and O–H groups in total. The van der Waals surface area contributed by atoms with Gasteiger partial charge in [-0.05, 0) is 0 Å². The van der Waals surface area contributed by atoms with E-state index in [-0.39, 0.29) is 31.4 Å². The van der Waals surface area contributed by atoms with E-state index < -0.39 is 22.0 Å². The molecule has 1 saturated heterocycles. The molecule has 0 aromatic heterocycles. The molecule has 0 radical (unpaired) electrons. The minimum absolute atomic E-state index is 0. The fourth-order valence-corrected chi connectivity index (χ4v) is 2.58. The van der Waals surface area contributed by atoms with Crippen LogP contribution in [0.3, 0.4) is 0 Å². The van der Waals surface area contributed by atoms with Crippen LogP contribution in [0.1, 0.15) is 0 Å². The summed E-state index contributed by atoms with van der Waals surface area (Å²) in [7, 11) is -3.17. The van der Waals surface area contributed by atoms with Gasteiger partial charge in [-0.1, -0.05) is 0 Å². The largest absolute Gasteiger partial charge is 0.480 e. The number of carboxylic acid groups (broad SMARTS) is 1. The third kappa shape index (κ3) is 5.25. The van der Waals surface area contributed by atoms with Crippen molar-refractivity contribution >= 4 is 40.8 Å². The molecule has 0 unspecified atom stereocenters. The Balaban J connectivity index is 0. The van der Waals surface area contributed by atoms with Crippen LogP contribution in [-0.2, 0) is 14.8 Å². The monoisotopic (exact) mass is 323 g/mol. The van der Waals surface area contributed by atoms with Crippen molar-refractivity contribution in [2.45, 2.75) is 6.04 Å². The van der Waals surface area contributed by atoms with E-state index in [4.69, 9.17) is 10.8 Å². The van der Waals surface area contributed by atoms with Crippen molar-refractivity contribution in [3.63, 3.8) is 0 Å². The summed E-state index contributed by atoms with van der Waals surface area (Å²) >= 11 is 0. The van der Waals surface area contributed by atoms with E-state index >= 15 is 0 Å². The van der Waals surface area contributed by atoms with Gasteiger partial charge < -0.3 is 10.8 Å². The number of sulfonamides is 1. The molecular weight excluding hydrogens is 305 g/mol. The van der Waals surface area contributed by atoms with Crippen molar-refractivity contribution in [2.75, 3.05) is 39.0 Å². The number of nitrogens with two attached hydrogens (primary N) is 1. The summed E-state index contributed by atoms with van der Waals surface area (Å²) in [5.41, 5.74) is 5.37. The summed E-state index contributed by atoms with van der Waals surface area (Å²) in [5.74, 6) is -0.963. The number of carbonyl (C=O) groups is 1. The standard InChI is InChI=1S/C8H17N3O4S.2ClH/c1-16(14,15)11-4-2-10(3-5-11)7(6-9)8(12)13;;/h7H,2-6,9H2,1H3,(H,12,13);2*1H/t7-;;/m1../s1. The van der Waals surface area contributed by atoms with Crippen molar-refractivity contribution in [2.24, 2.45) is 5.73 Å². The maximum Gasteiger partial charge on any atom is 0.322 e. The van der Waals surface area contributed by atoms with Crippen LogP contribution in [0, 0.1) is 0 Å². The van der Waals surface area contributed by atoms with Gasteiger partial charge in [-0.3, -0.25) is 9.69 Å². The highest BCUT2D eigenvalue weighted by molar-refractivity contribution is 7.88. The number of aliphatic carboxylic acids is 1. The first-order chi connectivity index (χ1) is 7.36. The van der Waals surface area contributed by atoms with E-state index in [0.29, 0.717) is 26.2 Å². The first kappa shape index (κ1) is 20.2. The summed E-state index contributed by atoms with van der Waals surface area (Å²) < 4.78 is 23.8. The Kier molecular flexibility index (Phi) is 9.13. The molecule has 1 fully saturated rings. The first-order valence-electron chi connectivity index (χ1n) is 4.98. The first-order valence-corrected chi connectivity index (χ1v) is 6.83. The third-order valence-electron chi connectivity index (χ3n) is 2.69. The lowest BCUT2D eigenvalue weighted by Gasteiger charge is -2.36. The Morgan fingerprint density at radius 3 is 2.00 bits per heavy atom. The number of hydrogen-bond donors (Lipinski definition) is 2. The van der Waals surface area contributed by atoms with Gasteiger partial charge in [0.25, 0.3) is 0 Å². The van der Waals surface area contributed by atoms with Crippen molar-refractivity contribution < 1.29 is 18.3 Å². The number of nitrogens with zero attached hydrogens (tertiary/aromatic N) is 2. The van der Waals surface area contributed by atoms with Gasteiger partial charge in [0.2, 0.25) is 10.0 Å². The second kappa shape index (κ2) is 8.13. The maximum absolute atomic E-state index is 11.2. The Labute approximate surface area is 119 Å². The quantitative estimate of drug-likeness (QED) is 0.675. The molecule has 18 heavy (non-hydrogen) atoms. The van der Waals surface area contributed by atoms with Crippen LogP contribution in [0.15, 0.2) is 0 Å². The summed E-state index contributed by atoms with van der Waals surface area (Å²) in [6.07, 6.45) is 1.15. The second-order valence-corrected chi connectivity index (χ2v) is 5.77. The van der Waals surface area contributed by atoms with E-state index in [1.807, 2.05) is 0 Å². The van der Waals surface area contributed by atoms with E-state index in [2.05, 4.69) is 0 Å². The minimum Gasteiger partial charge on any atom is -0.480 e. The predicted octanol–water partition coefficient (Wildman–Crippen LogP) is -1.18. The van der Waals surface area contributed by atoms with Gasteiger partial charge in [-0.2, -0.15) is 4.31 Å². The number of rotatable bonds is 4. The van der Waals surface area contributed by atoms with Crippen LogP contribution in [0.2, 0.25) is 0 Å². The van der Waals surface area contributed by atoms with Crippen molar-refractivity contribution in [3.05, 3.63) is 0 Å². The van der Waals surface area contributed by atoms with Crippen LogP contribution in [0.25, 0.3) is 0 Å². The van der Waals surface area contributed by atoms with Crippen LogP contribution in [-0.4, -0.2) is 73.7 Å². The summed E-state index contributed by atoms with van der Waals surface area (Å²) in [5, 5.41) is 8.90. The van der Waals surface area contributed by atoms with Crippen LogP contribution in [0.4, 0.5) is 0 Å². The van der Waals surface area contributed by atoms with Gasteiger partial charge in [0, 0.05) is 32.7 Å². The topological polar surface area (TPSA) is 104 Å². The van der Waals surface area contributed by atoms with E-state index in [1.165, 1.54) is 4.31 Å². The van der Waals surface area contributed by atoms with E-state index in [0.717, 1.165) is 6.26 Å².